The van der Waals surface area contributed by atoms with E-state index in [0.717, 1.165) is 32.9 Å². The van der Waals surface area contributed by atoms with Crippen LogP contribution in [0.1, 0.15) is 12.5 Å². The maximum atomic E-state index is 5.15. The van der Waals surface area contributed by atoms with Gasteiger partial charge in [-0.2, -0.15) is 0 Å². The van der Waals surface area contributed by atoms with E-state index in [1.54, 1.807) is 7.11 Å². The van der Waals surface area contributed by atoms with Gasteiger partial charge in [0.05, 0.1) is 10.2 Å². The Balaban J connectivity index is 2.35. The van der Waals surface area contributed by atoms with Crippen LogP contribution in [0.3, 0.4) is 0 Å². The van der Waals surface area contributed by atoms with Gasteiger partial charge in [-0.1, -0.05) is 18.2 Å². The number of ether oxygens (including phenoxy) is 1. The summed E-state index contributed by atoms with van der Waals surface area (Å²) in [5.41, 5.74) is 2.12. The van der Waals surface area contributed by atoms with Gasteiger partial charge in [-0.05, 0) is 41.1 Å². The SMILES string of the molecule is CCNc1nc(-c2cccc(COC)c2)ncc1I. The molecule has 4 nitrogen and oxygen atoms in total. The molecule has 0 fully saturated rings. The Morgan fingerprint density at radius 3 is 2.95 bits per heavy atom. The van der Waals surface area contributed by atoms with Gasteiger partial charge in [0.25, 0.3) is 0 Å². The highest BCUT2D eigenvalue weighted by molar-refractivity contribution is 14.1. The first kappa shape index (κ1) is 14.2. The van der Waals surface area contributed by atoms with Crippen LogP contribution in [0.5, 0.6) is 0 Å². The smallest absolute Gasteiger partial charge is 0.161 e. The number of aromatic nitrogens is 2. The zero-order valence-corrected chi connectivity index (χ0v) is 13.1. The maximum Gasteiger partial charge on any atom is 0.161 e. The molecule has 1 aromatic carbocycles. The summed E-state index contributed by atoms with van der Waals surface area (Å²) in [6.07, 6.45) is 1.84. The van der Waals surface area contributed by atoms with E-state index < -0.39 is 0 Å². The van der Waals surface area contributed by atoms with Gasteiger partial charge in [0.2, 0.25) is 0 Å². The maximum absolute atomic E-state index is 5.15. The number of methoxy groups -OCH3 is 1. The van der Waals surface area contributed by atoms with Gasteiger partial charge in [0.1, 0.15) is 5.82 Å². The van der Waals surface area contributed by atoms with Crippen LogP contribution in [0.4, 0.5) is 5.82 Å². The fourth-order valence-corrected chi connectivity index (χ4v) is 2.22. The van der Waals surface area contributed by atoms with Crippen molar-refractivity contribution < 1.29 is 4.74 Å². The molecule has 0 saturated heterocycles. The summed E-state index contributed by atoms with van der Waals surface area (Å²) in [5, 5.41) is 3.24. The Morgan fingerprint density at radius 1 is 1.37 bits per heavy atom. The summed E-state index contributed by atoms with van der Waals surface area (Å²) >= 11 is 2.23. The number of hydrogen-bond acceptors (Lipinski definition) is 4. The average Bonchev–Trinajstić information content (AvgIpc) is 2.42. The van der Waals surface area contributed by atoms with E-state index in [1.165, 1.54) is 0 Å². The molecule has 2 aromatic rings. The van der Waals surface area contributed by atoms with Gasteiger partial charge < -0.3 is 10.1 Å². The molecular weight excluding hydrogens is 353 g/mol. The molecule has 5 heteroatoms. The molecule has 0 aliphatic heterocycles. The fourth-order valence-electron chi connectivity index (χ4n) is 1.76. The number of nitrogens with zero attached hydrogens (tertiary/aromatic N) is 2. The van der Waals surface area contributed by atoms with Gasteiger partial charge in [-0.25, -0.2) is 9.97 Å². The third-order valence-corrected chi connectivity index (χ3v) is 3.37. The second kappa shape index (κ2) is 6.81. The summed E-state index contributed by atoms with van der Waals surface area (Å²) in [6, 6.07) is 8.10. The van der Waals surface area contributed by atoms with Crippen molar-refractivity contribution in [2.45, 2.75) is 13.5 Å². The van der Waals surface area contributed by atoms with Crippen molar-refractivity contribution in [2.75, 3.05) is 19.0 Å². The summed E-state index contributed by atoms with van der Waals surface area (Å²) < 4.78 is 6.17. The highest BCUT2D eigenvalue weighted by Gasteiger charge is 2.07. The van der Waals surface area contributed by atoms with E-state index in [2.05, 4.69) is 50.9 Å². The number of anilines is 1. The molecule has 0 spiro atoms. The van der Waals surface area contributed by atoms with Gasteiger partial charge in [-0.3, -0.25) is 0 Å². The number of hydrogen-bond donors (Lipinski definition) is 1. The minimum Gasteiger partial charge on any atom is -0.380 e. The number of halogens is 1. The molecule has 0 aliphatic carbocycles. The first-order chi connectivity index (χ1) is 9.24. The lowest BCUT2D eigenvalue weighted by Gasteiger charge is -2.08. The zero-order valence-electron chi connectivity index (χ0n) is 11.0. The molecule has 0 radical (unpaired) electrons. The first-order valence-electron chi connectivity index (χ1n) is 6.09. The van der Waals surface area contributed by atoms with E-state index in [1.807, 2.05) is 24.4 Å². The Morgan fingerprint density at radius 2 is 2.21 bits per heavy atom. The molecule has 1 N–H and O–H groups in total. The number of benzene rings is 1. The van der Waals surface area contributed by atoms with E-state index in [-0.39, 0.29) is 0 Å². The molecule has 0 saturated carbocycles. The van der Waals surface area contributed by atoms with Crippen LogP contribution < -0.4 is 5.32 Å². The fraction of sp³-hybridized carbons (Fsp3) is 0.286. The van der Waals surface area contributed by atoms with Gasteiger partial charge in [-0.15, -0.1) is 0 Å². The molecule has 1 aromatic heterocycles. The van der Waals surface area contributed by atoms with Gasteiger partial charge in [0, 0.05) is 25.4 Å². The third kappa shape index (κ3) is 3.63. The standard InChI is InChI=1S/C14H16IN3O/c1-3-16-14-12(15)8-17-13(18-14)11-6-4-5-10(7-11)9-19-2/h4-8H,3,9H2,1-2H3,(H,16,17,18). The summed E-state index contributed by atoms with van der Waals surface area (Å²) in [5.74, 6) is 1.61. The van der Waals surface area contributed by atoms with Crippen molar-refractivity contribution in [3.05, 3.63) is 39.6 Å². The van der Waals surface area contributed by atoms with E-state index in [4.69, 9.17) is 4.74 Å². The van der Waals surface area contributed by atoms with Gasteiger partial charge in [0.15, 0.2) is 5.82 Å². The lowest BCUT2D eigenvalue weighted by molar-refractivity contribution is 0.185. The van der Waals surface area contributed by atoms with Crippen molar-refractivity contribution >= 4 is 28.4 Å². The van der Waals surface area contributed by atoms with Crippen LogP contribution in [-0.4, -0.2) is 23.6 Å². The second-order valence-corrected chi connectivity index (χ2v) is 5.22. The van der Waals surface area contributed by atoms with Crippen molar-refractivity contribution in [3.63, 3.8) is 0 Å². The average molecular weight is 369 g/mol. The van der Waals surface area contributed by atoms with Crippen LogP contribution in [0.25, 0.3) is 11.4 Å². The van der Waals surface area contributed by atoms with Crippen LogP contribution >= 0.6 is 22.6 Å². The summed E-state index contributed by atoms with van der Waals surface area (Å²) in [4.78, 5) is 8.96. The highest BCUT2D eigenvalue weighted by Crippen LogP contribution is 2.21. The van der Waals surface area contributed by atoms with E-state index in [9.17, 15) is 0 Å². The molecule has 0 unspecified atom stereocenters. The predicted molar refractivity (Wildman–Crippen MR) is 85.1 cm³/mol. The van der Waals surface area contributed by atoms with Crippen LogP contribution in [0.15, 0.2) is 30.5 Å². The van der Waals surface area contributed by atoms with Crippen LogP contribution in [-0.2, 0) is 11.3 Å². The van der Waals surface area contributed by atoms with Crippen molar-refractivity contribution in [2.24, 2.45) is 0 Å². The van der Waals surface area contributed by atoms with Crippen molar-refractivity contribution in [1.29, 1.82) is 0 Å². The molecule has 0 atom stereocenters. The molecule has 0 amide bonds. The minimum absolute atomic E-state index is 0.596. The minimum atomic E-state index is 0.596. The Labute approximate surface area is 126 Å². The molecule has 1 heterocycles. The van der Waals surface area contributed by atoms with E-state index >= 15 is 0 Å². The molecule has 2 rings (SSSR count). The Bertz CT molecular complexity index is 560. The van der Waals surface area contributed by atoms with E-state index in [0.29, 0.717) is 6.61 Å². The second-order valence-electron chi connectivity index (χ2n) is 4.05. The first-order valence-corrected chi connectivity index (χ1v) is 7.17. The predicted octanol–water partition coefficient (Wildman–Crippen LogP) is 3.33. The third-order valence-electron chi connectivity index (χ3n) is 2.58. The monoisotopic (exact) mass is 369 g/mol. The normalized spacial score (nSPS) is 10.5. The van der Waals surface area contributed by atoms with Crippen LogP contribution in [0.2, 0.25) is 0 Å². The lowest BCUT2D eigenvalue weighted by Crippen LogP contribution is -2.03. The summed E-state index contributed by atoms with van der Waals surface area (Å²) in [7, 11) is 1.69. The number of nitrogens with one attached hydrogen (secondary N) is 1. The van der Waals surface area contributed by atoms with Gasteiger partial charge >= 0.3 is 0 Å². The molecule has 100 valence electrons. The molecule has 0 aliphatic rings. The summed E-state index contributed by atoms with van der Waals surface area (Å²) in [6.45, 7) is 3.49. The van der Waals surface area contributed by atoms with Crippen LogP contribution in [0, 0.1) is 3.57 Å². The quantitative estimate of drug-likeness (QED) is 0.822. The molecule has 19 heavy (non-hydrogen) atoms. The van der Waals surface area contributed by atoms with Crippen molar-refractivity contribution in [1.82, 2.24) is 9.97 Å². The largest absolute Gasteiger partial charge is 0.380 e. The Kier molecular flexibility index (Phi) is 5.09. The molecule has 0 bridgehead atoms. The Hall–Kier alpha value is -1.21. The van der Waals surface area contributed by atoms with Crippen molar-refractivity contribution in [3.8, 4) is 11.4 Å². The lowest BCUT2D eigenvalue weighted by atomic mass is 10.1. The topological polar surface area (TPSA) is 47.0 Å². The highest BCUT2D eigenvalue weighted by atomic mass is 127. The number of rotatable bonds is 5. The zero-order chi connectivity index (χ0) is 13.7. The molecular formula is C14H16IN3O.